The third-order valence-electron chi connectivity index (χ3n) is 3.06. The first-order chi connectivity index (χ1) is 9.61. The highest BCUT2D eigenvalue weighted by molar-refractivity contribution is 7.98. The Morgan fingerprint density at radius 1 is 1.50 bits per heavy atom. The highest BCUT2D eigenvalue weighted by Gasteiger charge is 2.12. The molecular weight excluding hydrogens is 274 g/mol. The van der Waals surface area contributed by atoms with E-state index in [1.807, 2.05) is 16.9 Å². The molecule has 0 fully saturated rings. The van der Waals surface area contributed by atoms with Crippen molar-refractivity contribution in [3.05, 3.63) is 41.9 Å². The zero-order chi connectivity index (χ0) is 14.5. The number of carbonyl (C=O) groups is 1. The van der Waals surface area contributed by atoms with Gasteiger partial charge in [0.05, 0.1) is 11.3 Å². The fourth-order valence-corrected chi connectivity index (χ4v) is 2.58. The summed E-state index contributed by atoms with van der Waals surface area (Å²) in [6.45, 7) is 4.24. The fourth-order valence-electron chi connectivity index (χ4n) is 1.70. The highest BCUT2D eigenvalue weighted by atomic mass is 32.2. The van der Waals surface area contributed by atoms with Gasteiger partial charge < -0.3 is 5.11 Å². The van der Waals surface area contributed by atoms with E-state index in [2.05, 4.69) is 23.9 Å². The van der Waals surface area contributed by atoms with Crippen molar-refractivity contribution in [1.29, 1.82) is 0 Å². The van der Waals surface area contributed by atoms with Crippen molar-refractivity contribution < 1.29 is 9.90 Å². The molecule has 106 valence electrons. The molecule has 0 aromatic carbocycles. The van der Waals surface area contributed by atoms with Crippen molar-refractivity contribution >= 4 is 17.7 Å². The van der Waals surface area contributed by atoms with E-state index in [-0.39, 0.29) is 5.56 Å². The van der Waals surface area contributed by atoms with Gasteiger partial charge in [0.15, 0.2) is 0 Å². The Bertz CT molecular complexity index is 598. The van der Waals surface area contributed by atoms with E-state index in [0.29, 0.717) is 16.8 Å². The lowest BCUT2D eigenvalue weighted by Crippen LogP contribution is -2.04. The van der Waals surface area contributed by atoms with Crippen molar-refractivity contribution in [2.24, 2.45) is 0 Å². The molecule has 2 aromatic rings. The van der Waals surface area contributed by atoms with Gasteiger partial charge in [-0.25, -0.2) is 9.78 Å². The third kappa shape index (κ3) is 3.39. The first-order valence-electron chi connectivity index (χ1n) is 6.47. The van der Waals surface area contributed by atoms with E-state index in [1.165, 1.54) is 11.8 Å². The first kappa shape index (κ1) is 14.6. The van der Waals surface area contributed by atoms with Gasteiger partial charge in [-0.3, -0.25) is 4.68 Å². The van der Waals surface area contributed by atoms with Crippen LogP contribution in [-0.2, 0) is 5.75 Å². The van der Waals surface area contributed by atoms with E-state index in [0.717, 1.165) is 12.1 Å². The zero-order valence-corrected chi connectivity index (χ0v) is 12.3. The largest absolute Gasteiger partial charge is 0.478 e. The van der Waals surface area contributed by atoms with Crippen molar-refractivity contribution in [3.8, 4) is 0 Å². The molecule has 0 aliphatic carbocycles. The van der Waals surface area contributed by atoms with Gasteiger partial charge in [-0.2, -0.15) is 5.10 Å². The van der Waals surface area contributed by atoms with E-state index in [1.54, 1.807) is 18.3 Å². The Morgan fingerprint density at radius 2 is 2.30 bits per heavy atom. The average molecular weight is 291 g/mol. The van der Waals surface area contributed by atoms with Crippen LogP contribution in [0.5, 0.6) is 0 Å². The summed E-state index contributed by atoms with van der Waals surface area (Å²) in [6.07, 6.45) is 4.59. The minimum absolute atomic E-state index is 0.235. The quantitative estimate of drug-likeness (QED) is 0.827. The smallest absolute Gasteiger partial charge is 0.338 e. The Balaban J connectivity index is 2.06. The molecule has 6 heteroatoms. The van der Waals surface area contributed by atoms with Crippen molar-refractivity contribution in [1.82, 2.24) is 14.8 Å². The molecule has 0 amide bonds. The summed E-state index contributed by atoms with van der Waals surface area (Å²) in [7, 11) is 0. The van der Waals surface area contributed by atoms with Crippen molar-refractivity contribution in [3.63, 3.8) is 0 Å². The number of pyridine rings is 1. The second-order valence-corrected chi connectivity index (χ2v) is 5.46. The lowest BCUT2D eigenvalue weighted by Gasteiger charge is -2.08. The molecule has 0 radical (unpaired) electrons. The number of aromatic carboxylic acids is 1. The van der Waals surface area contributed by atoms with Gasteiger partial charge in [0.2, 0.25) is 0 Å². The summed E-state index contributed by atoms with van der Waals surface area (Å²) in [4.78, 5) is 15.2. The molecule has 2 heterocycles. The summed E-state index contributed by atoms with van der Waals surface area (Å²) in [5.74, 6) is -0.341. The van der Waals surface area contributed by atoms with E-state index in [4.69, 9.17) is 5.11 Å². The first-order valence-corrected chi connectivity index (χ1v) is 7.45. The maximum atomic E-state index is 11.1. The second-order valence-electron chi connectivity index (χ2n) is 4.49. The normalized spacial score (nSPS) is 12.3. The van der Waals surface area contributed by atoms with Crippen LogP contribution in [0, 0.1) is 0 Å². The van der Waals surface area contributed by atoms with Crippen molar-refractivity contribution in [2.45, 2.75) is 37.1 Å². The number of thioether (sulfide) groups is 1. The Kier molecular flexibility index (Phi) is 4.79. The minimum Gasteiger partial charge on any atom is -0.478 e. The molecule has 1 N–H and O–H groups in total. The van der Waals surface area contributed by atoms with Crippen LogP contribution in [0.2, 0.25) is 0 Å². The van der Waals surface area contributed by atoms with Gasteiger partial charge in [-0.15, -0.1) is 0 Å². The Hall–Kier alpha value is -1.82. The molecule has 0 saturated carbocycles. The van der Waals surface area contributed by atoms with Crippen LogP contribution in [0.1, 0.15) is 42.4 Å². The number of rotatable bonds is 6. The third-order valence-corrected chi connectivity index (χ3v) is 4.10. The standard InChI is InChI=1S/C14H17N3O2S/c1-3-10(2)17-8-6-11(16-17)9-20-13-12(14(18)19)5-4-7-15-13/h4-8,10H,3,9H2,1-2H3,(H,18,19). The number of carboxylic acids is 1. The topological polar surface area (TPSA) is 68.0 Å². The van der Waals surface area contributed by atoms with Gasteiger partial charge >= 0.3 is 5.97 Å². The monoisotopic (exact) mass is 291 g/mol. The molecule has 0 bridgehead atoms. The van der Waals surface area contributed by atoms with Crippen LogP contribution in [0.3, 0.4) is 0 Å². The average Bonchev–Trinajstić information content (AvgIpc) is 2.93. The van der Waals surface area contributed by atoms with Crippen LogP contribution in [0.15, 0.2) is 35.6 Å². The summed E-state index contributed by atoms with van der Waals surface area (Å²) in [5, 5.41) is 14.1. The molecule has 2 rings (SSSR count). The van der Waals surface area contributed by atoms with E-state index < -0.39 is 5.97 Å². The molecule has 0 aliphatic rings. The fraction of sp³-hybridized carbons (Fsp3) is 0.357. The molecule has 0 spiro atoms. The van der Waals surface area contributed by atoms with Crippen LogP contribution < -0.4 is 0 Å². The molecule has 0 saturated heterocycles. The summed E-state index contributed by atoms with van der Waals surface area (Å²) < 4.78 is 1.94. The van der Waals surface area contributed by atoms with Gasteiger partial charge in [-0.1, -0.05) is 18.7 Å². The Morgan fingerprint density at radius 3 is 3.00 bits per heavy atom. The van der Waals surface area contributed by atoms with Crippen molar-refractivity contribution in [2.75, 3.05) is 0 Å². The van der Waals surface area contributed by atoms with Crippen LogP contribution >= 0.6 is 11.8 Å². The molecule has 5 nitrogen and oxygen atoms in total. The van der Waals surface area contributed by atoms with Gasteiger partial charge in [0.1, 0.15) is 5.03 Å². The van der Waals surface area contributed by atoms with E-state index in [9.17, 15) is 4.79 Å². The Labute approximate surface area is 122 Å². The molecule has 1 unspecified atom stereocenters. The number of aromatic nitrogens is 3. The lowest BCUT2D eigenvalue weighted by atomic mass is 10.3. The van der Waals surface area contributed by atoms with Crippen LogP contribution in [-0.4, -0.2) is 25.8 Å². The molecular formula is C14H17N3O2S. The SMILES string of the molecule is CCC(C)n1ccc(CSc2ncccc2C(=O)O)n1. The predicted octanol–water partition coefficient (Wildman–Crippen LogP) is 3.24. The molecule has 20 heavy (non-hydrogen) atoms. The second kappa shape index (κ2) is 6.56. The number of hydrogen-bond acceptors (Lipinski definition) is 4. The maximum absolute atomic E-state index is 11.1. The van der Waals surface area contributed by atoms with Crippen LogP contribution in [0.4, 0.5) is 0 Å². The van der Waals surface area contributed by atoms with Gasteiger partial charge in [0.25, 0.3) is 0 Å². The minimum atomic E-state index is -0.953. The summed E-state index contributed by atoms with van der Waals surface area (Å²) >= 11 is 1.39. The lowest BCUT2D eigenvalue weighted by molar-refractivity contribution is 0.0692. The molecule has 2 aromatic heterocycles. The number of carboxylic acid groups (broad SMARTS) is 1. The molecule has 0 aliphatic heterocycles. The zero-order valence-electron chi connectivity index (χ0n) is 11.5. The number of hydrogen-bond donors (Lipinski definition) is 1. The molecule has 1 atom stereocenters. The highest BCUT2D eigenvalue weighted by Crippen LogP contribution is 2.24. The number of nitrogens with zero attached hydrogens (tertiary/aromatic N) is 3. The van der Waals surface area contributed by atoms with Crippen LogP contribution in [0.25, 0.3) is 0 Å². The summed E-state index contributed by atoms with van der Waals surface area (Å²) in [5.41, 5.74) is 1.16. The van der Waals surface area contributed by atoms with E-state index >= 15 is 0 Å². The predicted molar refractivity (Wildman–Crippen MR) is 78.0 cm³/mol. The van der Waals surface area contributed by atoms with Gasteiger partial charge in [0, 0.05) is 24.2 Å². The maximum Gasteiger partial charge on any atom is 0.338 e. The summed E-state index contributed by atoms with van der Waals surface area (Å²) in [6, 6.07) is 5.53. The van der Waals surface area contributed by atoms with Gasteiger partial charge in [-0.05, 0) is 31.5 Å².